The minimum atomic E-state index is -4.36. The lowest BCUT2D eigenvalue weighted by molar-refractivity contribution is 0.0769. The van der Waals surface area contributed by atoms with Crippen molar-refractivity contribution in [1.29, 1.82) is 0 Å². The first-order valence-electron chi connectivity index (χ1n) is 16.2. The summed E-state index contributed by atoms with van der Waals surface area (Å²) in [4.78, 5) is 31.8. The van der Waals surface area contributed by atoms with Crippen LogP contribution >= 0.6 is 11.6 Å². The Morgan fingerprint density at radius 2 is 1.50 bits per heavy atom. The van der Waals surface area contributed by atoms with Crippen LogP contribution in [0.1, 0.15) is 125 Å². The molecule has 0 saturated heterocycles. The average molecular weight is 651 g/mol. The van der Waals surface area contributed by atoms with Gasteiger partial charge in [-0.15, -0.1) is 0 Å². The quantitative estimate of drug-likeness (QED) is 0.0934. The summed E-state index contributed by atoms with van der Waals surface area (Å²) < 4.78 is 29.4. The first-order chi connectivity index (χ1) is 21.1. The van der Waals surface area contributed by atoms with Gasteiger partial charge in [0.2, 0.25) is 0 Å². The number of amides is 2. The molecule has 0 saturated carbocycles. The number of aromatic hydroxyl groups is 1. The molecule has 3 N–H and O–H groups in total. The topological polar surface area (TPSA) is 129 Å². The molecule has 0 fully saturated rings. The molecule has 44 heavy (non-hydrogen) atoms. The van der Waals surface area contributed by atoms with Gasteiger partial charge in [0.15, 0.2) is 5.03 Å². The molecule has 1 heterocycles. The Morgan fingerprint density at radius 1 is 0.909 bits per heavy atom. The fourth-order valence-electron chi connectivity index (χ4n) is 5.24. The summed E-state index contributed by atoms with van der Waals surface area (Å²) in [7, 11) is -4.36. The Morgan fingerprint density at radius 3 is 2.11 bits per heavy atom. The number of sulfonamides is 1. The van der Waals surface area contributed by atoms with Gasteiger partial charge in [-0.05, 0) is 56.9 Å². The van der Waals surface area contributed by atoms with Crippen LogP contribution in [0.4, 0.5) is 5.69 Å². The average Bonchev–Trinajstić information content (AvgIpc) is 3.01. The van der Waals surface area contributed by atoms with E-state index >= 15 is 0 Å². The Hall–Kier alpha value is -2.85. The molecule has 0 radical (unpaired) electrons. The van der Waals surface area contributed by atoms with Crippen LogP contribution < -0.4 is 10.0 Å². The summed E-state index contributed by atoms with van der Waals surface area (Å²) in [5, 5.41) is 12.8. The van der Waals surface area contributed by atoms with Crippen molar-refractivity contribution >= 4 is 39.1 Å². The fourth-order valence-corrected chi connectivity index (χ4v) is 6.63. The number of aromatic nitrogens is 1. The van der Waals surface area contributed by atoms with Crippen molar-refractivity contribution in [2.45, 2.75) is 110 Å². The van der Waals surface area contributed by atoms with Gasteiger partial charge in [0.05, 0.1) is 21.8 Å². The van der Waals surface area contributed by atoms with Crippen molar-refractivity contribution < 1.29 is 23.1 Å². The van der Waals surface area contributed by atoms with E-state index in [2.05, 4.69) is 28.9 Å². The number of hydrogen-bond donors (Lipinski definition) is 3. The van der Waals surface area contributed by atoms with Gasteiger partial charge < -0.3 is 15.3 Å². The van der Waals surface area contributed by atoms with Crippen LogP contribution in [-0.4, -0.2) is 54.9 Å². The predicted octanol–water partition coefficient (Wildman–Crippen LogP) is 7.79. The van der Waals surface area contributed by atoms with Gasteiger partial charge in [-0.2, -0.15) is 8.42 Å². The minimum absolute atomic E-state index is 0.0357. The predicted molar refractivity (Wildman–Crippen MR) is 178 cm³/mol. The van der Waals surface area contributed by atoms with Crippen molar-refractivity contribution in [3.05, 3.63) is 46.6 Å². The van der Waals surface area contributed by atoms with Crippen molar-refractivity contribution in [3.8, 4) is 5.75 Å². The molecule has 2 aromatic rings. The van der Waals surface area contributed by atoms with Crippen LogP contribution in [0.3, 0.4) is 0 Å². The van der Waals surface area contributed by atoms with E-state index in [0.29, 0.717) is 25.6 Å². The third-order valence-corrected chi connectivity index (χ3v) is 9.48. The number of nitrogens with one attached hydrogen (secondary N) is 2. The summed E-state index contributed by atoms with van der Waals surface area (Å²) in [6.45, 7) is 9.24. The molecular weight excluding hydrogens is 600 g/mol. The number of hydrogen-bond acceptors (Lipinski definition) is 6. The monoisotopic (exact) mass is 650 g/mol. The fraction of sp³-hybridized carbons (Fsp3) is 0.606. The number of pyridine rings is 1. The number of rotatable bonds is 21. The first-order valence-corrected chi connectivity index (χ1v) is 18.0. The third-order valence-electron chi connectivity index (χ3n) is 7.85. The molecule has 0 bridgehead atoms. The lowest BCUT2D eigenvalue weighted by Gasteiger charge is -2.20. The van der Waals surface area contributed by atoms with E-state index in [9.17, 15) is 23.1 Å². The summed E-state index contributed by atoms with van der Waals surface area (Å²) in [6, 6.07) is 5.39. The SMILES string of the molecule is CCCCCCCCC(CCCCCC)CNC(=O)c1cccnc1S(=O)(=O)Nc1cc(Cl)c(O)c(C(=O)N(CC)CC)c1. The molecule has 1 atom stereocenters. The number of phenols is 1. The molecule has 1 aromatic heterocycles. The second kappa shape index (κ2) is 19.5. The normalized spacial score (nSPS) is 12.1. The molecule has 11 heteroatoms. The van der Waals surface area contributed by atoms with Gasteiger partial charge in [-0.1, -0.05) is 89.7 Å². The van der Waals surface area contributed by atoms with Crippen LogP contribution in [0.25, 0.3) is 0 Å². The maximum Gasteiger partial charge on any atom is 0.280 e. The second-order valence-corrected chi connectivity index (χ2v) is 13.3. The summed E-state index contributed by atoms with van der Waals surface area (Å²) in [5.41, 5.74) is -0.242. The van der Waals surface area contributed by atoms with Crippen LogP contribution in [-0.2, 0) is 10.0 Å². The van der Waals surface area contributed by atoms with Crippen molar-refractivity contribution in [1.82, 2.24) is 15.2 Å². The molecule has 1 aromatic carbocycles. The number of carbonyl (C=O) groups excluding carboxylic acids is 2. The highest BCUT2D eigenvalue weighted by molar-refractivity contribution is 7.92. The molecule has 0 aliphatic heterocycles. The highest BCUT2D eigenvalue weighted by Gasteiger charge is 2.26. The highest BCUT2D eigenvalue weighted by atomic mass is 35.5. The van der Waals surface area contributed by atoms with Crippen LogP contribution in [0, 0.1) is 5.92 Å². The van der Waals surface area contributed by atoms with Gasteiger partial charge in [0, 0.05) is 25.8 Å². The van der Waals surface area contributed by atoms with Gasteiger partial charge in [-0.25, -0.2) is 4.98 Å². The second-order valence-electron chi connectivity index (χ2n) is 11.3. The molecule has 2 rings (SSSR count). The summed E-state index contributed by atoms with van der Waals surface area (Å²) in [5.74, 6) is -1.12. The molecular formula is C33H51ClN4O5S. The van der Waals surface area contributed by atoms with E-state index in [-0.39, 0.29) is 21.8 Å². The Balaban J connectivity index is 2.20. The molecule has 2 amide bonds. The zero-order valence-corrected chi connectivity index (χ0v) is 28.4. The maximum absolute atomic E-state index is 13.5. The molecule has 0 aliphatic rings. The van der Waals surface area contributed by atoms with E-state index < -0.39 is 32.6 Å². The van der Waals surface area contributed by atoms with Gasteiger partial charge in [0.1, 0.15) is 5.75 Å². The molecule has 0 spiro atoms. The zero-order chi connectivity index (χ0) is 32.5. The Kier molecular flexibility index (Phi) is 16.6. The molecule has 246 valence electrons. The minimum Gasteiger partial charge on any atom is -0.506 e. The Bertz CT molecular complexity index is 1300. The van der Waals surface area contributed by atoms with Crippen LogP contribution in [0.15, 0.2) is 35.5 Å². The van der Waals surface area contributed by atoms with Crippen LogP contribution in [0.2, 0.25) is 5.02 Å². The molecule has 9 nitrogen and oxygen atoms in total. The van der Waals surface area contributed by atoms with Crippen molar-refractivity contribution in [2.24, 2.45) is 5.92 Å². The Labute approximate surface area is 269 Å². The van der Waals surface area contributed by atoms with Gasteiger partial charge in [-0.3, -0.25) is 14.3 Å². The number of phenolic OH excluding ortho intramolecular Hbond substituents is 1. The number of unbranched alkanes of at least 4 members (excludes halogenated alkanes) is 8. The third kappa shape index (κ3) is 11.6. The van der Waals surface area contributed by atoms with Crippen molar-refractivity contribution in [3.63, 3.8) is 0 Å². The lowest BCUT2D eigenvalue weighted by Crippen LogP contribution is -2.31. The van der Waals surface area contributed by atoms with Gasteiger partial charge in [0.25, 0.3) is 21.8 Å². The largest absolute Gasteiger partial charge is 0.506 e. The summed E-state index contributed by atoms with van der Waals surface area (Å²) in [6.07, 6.45) is 15.2. The smallest absolute Gasteiger partial charge is 0.280 e. The molecule has 0 aliphatic carbocycles. The summed E-state index contributed by atoms with van der Waals surface area (Å²) >= 11 is 6.17. The number of nitrogens with zero attached hydrogens (tertiary/aromatic N) is 2. The number of carbonyl (C=O) groups is 2. The number of benzene rings is 1. The van der Waals surface area contributed by atoms with Crippen molar-refractivity contribution in [2.75, 3.05) is 24.4 Å². The molecule has 1 unspecified atom stereocenters. The van der Waals surface area contributed by atoms with E-state index in [0.717, 1.165) is 38.5 Å². The van der Waals surface area contributed by atoms with E-state index in [1.165, 1.54) is 73.9 Å². The highest BCUT2D eigenvalue weighted by Crippen LogP contribution is 2.33. The van der Waals surface area contributed by atoms with Crippen LogP contribution in [0.5, 0.6) is 5.75 Å². The van der Waals surface area contributed by atoms with E-state index in [1.807, 2.05) is 0 Å². The number of halogens is 1. The lowest BCUT2D eigenvalue weighted by atomic mass is 9.94. The first kappa shape index (κ1) is 37.3. The number of anilines is 1. The standard InChI is InChI=1S/C33H51ClN4O5S/c1-5-9-11-13-14-16-19-25(18-15-12-10-6-2)24-36-31(40)27-20-17-21-35-32(27)44(42,43)37-26-22-28(30(39)29(34)23-26)33(41)38(7-3)8-4/h17,20-23,25,37,39H,5-16,18-19,24H2,1-4H3,(H,36,40). The zero-order valence-electron chi connectivity index (χ0n) is 26.8. The van der Waals surface area contributed by atoms with E-state index in [1.54, 1.807) is 13.8 Å². The van der Waals surface area contributed by atoms with E-state index in [4.69, 9.17) is 11.6 Å². The van der Waals surface area contributed by atoms with Gasteiger partial charge >= 0.3 is 0 Å². The maximum atomic E-state index is 13.5.